The Morgan fingerprint density at radius 3 is 2.00 bits per heavy atom. The number of carboxylic acids is 1. The van der Waals surface area contributed by atoms with Gasteiger partial charge in [0.1, 0.15) is 11.5 Å². The Labute approximate surface area is 155 Å². The maximum atomic E-state index is 12.8. The number of rotatable bonds is 6. The van der Waals surface area contributed by atoms with Crippen molar-refractivity contribution in [1.82, 2.24) is 0 Å². The van der Waals surface area contributed by atoms with Crippen LogP contribution in [0.15, 0.2) is 77.7 Å². The van der Waals surface area contributed by atoms with Crippen molar-refractivity contribution in [3.8, 4) is 17.2 Å². The number of benzene rings is 3. The standard InChI is InChI=1S/C19H15NO6S/c20-16-11-13(19(21)22)12-17(18(16)25-14-7-3-1-4-8-14)27(23,24)26-15-9-5-2-6-10-15/h1-12H,20H2,(H,21,22). The molecule has 0 aliphatic rings. The van der Waals surface area contributed by atoms with Gasteiger partial charge in [-0.2, -0.15) is 8.42 Å². The van der Waals surface area contributed by atoms with E-state index in [1.165, 1.54) is 12.1 Å². The van der Waals surface area contributed by atoms with Crippen LogP contribution in [-0.4, -0.2) is 19.5 Å². The van der Waals surface area contributed by atoms with Crippen molar-refractivity contribution in [2.75, 3.05) is 5.73 Å². The number of nitrogen functional groups attached to an aromatic ring is 1. The molecule has 3 aromatic carbocycles. The van der Waals surface area contributed by atoms with E-state index < -0.39 is 21.0 Å². The molecule has 0 fully saturated rings. The SMILES string of the molecule is Nc1cc(C(=O)O)cc(S(=O)(=O)Oc2ccccc2)c1Oc1ccccc1. The lowest BCUT2D eigenvalue weighted by molar-refractivity contribution is 0.0696. The van der Waals surface area contributed by atoms with Crippen molar-refractivity contribution in [1.29, 1.82) is 0 Å². The molecule has 3 rings (SSSR count). The number of aromatic carboxylic acids is 1. The third-order valence-electron chi connectivity index (χ3n) is 3.51. The summed E-state index contributed by atoms with van der Waals surface area (Å²) in [5, 5.41) is 9.24. The molecule has 0 spiro atoms. The Balaban J connectivity index is 2.12. The number of hydrogen-bond donors (Lipinski definition) is 2. The van der Waals surface area contributed by atoms with Gasteiger partial charge in [-0.25, -0.2) is 4.79 Å². The van der Waals surface area contributed by atoms with Gasteiger partial charge in [-0.3, -0.25) is 0 Å². The molecule has 0 unspecified atom stereocenters. The molecule has 0 aromatic heterocycles. The zero-order chi connectivity index (χ0) is 19.4. The summed E-state index contributed by atoms with van der Waals surface area (Å²) in [6.07, 6.45) is 0. The second-order valence-corrected chi connectivity index (χ2v) is 6.98. The van der Waals surface area contributed by atoms with Crippen LogP contribution in [0.25, 0.3) is 0 Å². The van der Waals surface area contributed by atoms with Crippen molar-refractivity contribution in [3.63, 3.8) is 0 Å². The van der Waals surface area contributed by atoms with Crippen LogP contribution >= 0.6 is 0 Å². The second kappa shape index (κ2) is 7.38. The summed E-state index contributed by atoms with van der Waals surface area (Å²) in [6.45, 7) is 0. The molecule has 0 bridgehead atoms. The van der Waals surface area contributed by atoms with Crippen molar-refractivity contribution >= 4 is 21.8 Å². The summed E-state index contributed by atoms with van der Waals surface area (Å²) in [4.78, 5) is 10.8. The number of nitrogens with two attached hydrogens (primary N) is 1. The van der Waals surface area contributed by atoms with Gasteiger partial charge in [-0.1, -0.05) is 36.4 Å². The predicted molar refractivity (Wildman–Crippen MR) is 98.6 cm³/mol. The highest BCUT2D eigenvalue weighted by atomic mass is 32.2. The molecular weight excluding hydrogens is 370 g/mol. The van der Waals surface area contributed by atoms with E-state index in [1.54, 1.807) is 48.5 Å². The highest BCUT2D eigenvalue weighted by molar-refractivity contribution is 7.87. The molecule has 0 saturated carbocycles. The maximum Gasteiger partial charge on any atom is 0.343 e. The van der Waals surface area contributed by atoms with E-state index in [2.05, 4.69) is 0 Å². The van der Waals surface area contributed by atoms with E-state index in [-0.39, 0.29) is 22.7 Å². The van der Waals surface area contributed by atoms with Crippen LogP contribution in [0.3, 0.4) is 0 Å². The van der Waals surface area contributed by atoms with Crippen LogP contribution in [-0.2, 0) is 10.1 Å². The van der Waals surface area contributed by atoms with Gasteiger partial charge < -0.3 is 19.8 Å². The lowest BCUT2D eigenvalue weighted by Gasteiger charge is -2.15. The zero-order valence-corrected chi connectivity index (χ0v) is 14.7. The van der Waals surface area contributed by atoms with Crippen LogP contribution in [0.2, 0.25) is 0 Å². The minimum absolute atomic E-state index is 0.0717. The zero-order valence-electron chi connectivity index (χ0n) is 13.9. The van der Waals surface area contributed by atoms with E-state index in [0.29, 0.717) is 5.75 Å². The molecule has 0 amide bonds. The fourth-order valence-corrected chi connectivity index (χ4v) is 3.41. The Morgan fingerprint density at radius 2 is 1.44 bits per heavy atom. The topological polar surface area (TPSA) is 116 Å². The average Bonchev–Trinajstić information content (AvgIpc) is 2.64. The Kier molecular flexibility index (Phi) is 5.00. The van der Waals surface area contributed by atoms with E-state index in [0.717, 1.165) is 12.1 Å². The first-order valence-corrected chi connectivity index (χ1v) is 9.17. The van der Waals surface area contributed by atoms with Gasteiger partial charge in [-0.05, 0) is 36.4 Å². The smallest absolute Gasteiger partial charge is 0.343 e. The largest absolute Gasteiger partial charge is 0.478 e. The molecular formula is C19H15NO6S. The molecule has 0 aliphatic carbocycles. The minimum atomic E-state index is -4.41. The molecule has 138 valence electrons. The minimum Gasteiger partial charge on any atom is -0.478 e. The quantitative estimate of drug-likeness (QED) is 0.492. The lowest BCUT2D eigenvalue weighted by atomic mass is 10.2. The first-order valence-electron chi connectivity index (χ1n) is 7.76. The van der Waals surface area contributed by atoms with Crippen LogP contribution in [0.4, 0.5) is 5.69 Å². The van der Waals surface area contributed by atoms with E-state index in [9.17, 15) is 18.3 Å². The monoisotopic (exact) mass is 385 g/mol. The molecule has 0 radical (unpaired) electrons. The molecule has 0 heterocycles. The highest BCUT2D eigenvalue weighted by Gasteiger charge is 2.27. The molecule has 27 heavy (non-hydrogen) atoms. The van der Waals surface area contributed by atoms with Gasteiger partial charge in [0.25, 0.3) is 0 Å². The normalized spacial score (nSPS) is 11.0. The number of ether oxygens (including phenoxy) is 1. The first-order chi connectivity index (χ1) is 12.9. The van der Waals surface area contributed by atoms with Crippen molar-refractivity contribution in [2.24, 2.45) is 0 Å². The lowest BCUT2D eigenvalue weighted by Crippen LogP contribution is -2.13. The Morgan fingerprint density at radius 1 is 0.889 bits per heavy atom. The first kappa shape index (κ1) is 18.3. The number of para-hydroxylation sites is 2. The third-order valence-corrected chi connectivity index (χ3v) is 4.77. The predicted octanol–water partition coefficient (Wildman–Crippen LogP) is 3.53. The molecule has 3 aromatic rings. The van der Waals surface area contributed by atoms with Crippen molar-refractivity contribution in [3.05, 3.63) is 78.4 Å². The van der Waals surface area contributed by atoms with Crippen LogP contribution in [0, 0.1) is 0 Å². The summed E-state index contributed by atoms with van der Waals surface area (Å²) in [5.41, 5.74) is 5.44. The van der Waals surface area contributed by atoms with Gasteiger partial charge >= 0.3 is 16.1 Å². The van der Waals surface area contributed by atoms with Crippen LogP contribution in [0.1, 0.15) is 10.4 Å². The summed E-state index contributed by atoms with van der Waals surface area (Å²) >= 11 is 0. The average molecular weight is 385 g/mol. The van der Waals surface area contributed by atoms with Gasteiger partial charge in [0.15, 0.2) is 10.6 Å². The number of carboxylic acid groups (broad SMARTS) is 1. The molecule has 7 nitrogen and oxygen atoms in total. The van der Waals surface area contributed by atoms with Gasteiger partial charge in [0, 0.05) is 0 Å². The molecule has 3 N–H and O–H groups in total. The number of carbonyl (C=O) groups is 1. The summed E-state index contributed by atoms with van der Waals surface area (Å²) in [7, 11) is -4.41. The summed E-state index contributed by atoms with van der Waals surface area (Å²) in [6, 6.07) is 18.3. The van der Waals surface area contributed by atoms with Crippen LogP contribution < -0.4 is 14.7 Å². The van der Waals surface area contributed by atoms with E-state index in [4.69, 9.17) is 14.7 Å². The molecule has 8 heteroatoms. The molecule has 0 saturated heterocycles. The third kappa shape index (κ3) is 4.18. The number of hydrogen-bond acceptors (Lipinski definition) is 6. The Hall–Kier alpha value is -3.52. The van der Waals surface area contributed by atoms with Gasteiger partial charge in [0.05, 0.1) is 11.3 Å². The summed E-state index contributed by atoms with van der Waals surface area (Å²) in [5.74, 6) is -1.13. The van der Waals surface area contributed by atoms with Gasteiger partial charge in [-0.15, -0.1) is 0 Å². The van der Waals surface area contributed by atoms with Crippen molar-refractivity contribution < 1.29 is 27.2 Å². The van der Waals surface area contributed by atoms with Crippen LogP contribution in [0.5, 0.6) is 17.2 Å². The molecule has 0 aliphatic heterocycles. The van der Waals surface area contributed by atoms with Gasteiger partial charge in [0.2, 0.25) is 0 Å². The summed E-state index contributed by atoms with van der Waals surface area (Å²) < 4.78 is 36.3. The molecule has 0 atom stereocenters. The fourth-order valence-electron chi connectivity index (χ4n) is 2.30. The van der Waals surface area contributed by atoms with E-state index >= 15 is 0 Å². The van der Waals surface area contributed by atoms with Crippen molar-refractivity contribution in [2.45, 2.75) is 4.90 Å². The second-order valence-electron chi connectivity index (χ2n) is 5.46. The fraction of sp³-hybridized carbons (Fsp3) is 0. The number of anilines is 1. The Bertz CT molecular complexity index is 1070. The highest BCUT2D eigenvalue weighted by Crippen LogP contribution is 2.37. The van der Waals surface area contributed by atoms with E-state index in [1.807, 2.05) is 0 Å². The maximum absolute atomic E-state index is 12.8.